The monoisotopic (exact) mass is 964 g/mol. The van der Waals surface area contributed by atoms with Gasteiger partial charge in [-0.3, -0.25) is 23.2 Å². The van der Waals surface area contributed by atoms with Gasteiger partial charge in [-0.15, -0.1) is 0 Å². The highest BCUT2D eigenvalue weighted by atomic mass is 31.2. The molecule has 0 amide bonds. The van der Waals surface area contributed by atoms with Gasteiger partial charge in [-0.2, -0.15) is 0 Å². The number of allylic oxidation sites excluding steroid dienone is 20. The first-order chi connectivity index (χ1) is 31.8. The maximum absolute atomic E-state index is 12.7. The number of rotatable bonds is 41. The van der Waals surface area contributed by atoms with E-state index in [1.54, 1.807) is 12.2 Å². The second-order valence-electron chi connectivity index (χ2n) is 14.8. The molecule has 16 heteroatoms. The Morgan fingerprint density at radius 2 is 0.985 bits per heavy atom. The van der Waals surface area contributed by atoms with Crippen molar-refractivity contribution < 1.29 is 66.7 Å². The van der Waals surface area contributed by atoms with Gasteiger partial charge in [0.1, 0.15) is 12.7 Å². The molecule has 0 fully saturated rings. The molecule has 0 aliphatic rings. The van der Waals surface area contributed by atoms with E-state index in [-0.39, 0.29) is 12.8 Å². The Labute approximate surface area is 394 Å². The smallest absolute Gasteiger partial charge is 0.462 e. The average molecular weight is 965 g/mol. The van der Waals surface area contributed by atoms with Crippen molar-refractivity contribution in [3.63, 3.8) is 0 Å². The highest BCUT2D eigenvalue weighted by molar-refractivity contribution is 7.47. The predicted molar refractivity (Wildman–Crippen MR) is 263 cm³/mol. The third-order valence-electron chi connectivity index (χ3n) is 8.62. The number of carbonyl (C=O) groups excluding carboxylic acids is 2. The molecular weight excluding hydrogens is 886 g/mol. The standard InChI is InChI=1S/C50H78O14P2/c1-3-5-7-9-11-12-13-14-15-16-17-18-19-20-21-25-28-32-36-40-49(53)60-44-48(45-63-66(58,59)62-43-47(52)42-61-65(55,56)57)64-50(54)41-37-33-29-26-23-22-24-27-31-35-39-46(51)38-34-30-10-8-6-4-2/h6,8,11-12,14-15,17-18,20-23,27-35,39,46-48,51-52H,3-5,7,9-10,13,16,19,24-26,36-38,40-45H2,1-2H3,(H,58,59)(H2,55,56,57)/b8-6-,12-11-,15-14-,18-17-,21-20-,23-22-,31-27-,32-28-,33-29-,34-30-,39-35+/t46?,47-,48+/m0/s1. The molecule has 0 heterocycles. The Hall–Kier alpha value is -3.78. The van der Waals surface area contributed by atoms with Crippen molar-refractivity contribution in [3.8, 4) is 0 Å². The average Bonchev–Trinajstić information content (AvgIpc) is 3.28. The van der Waals surface area contributed by atoms with Crippen molar-refractivity contribution in [2.75, 3.05) is 26.4 Å². The third kappa shape index (κ3) is 46.7. The van der Waals surface area contributed by atoms with Crippen LogP contribution in [0.5, 0.6) is 0 Å². The van der Waals surface area contributed by atoms with Crippen molar-refractivity contribution in [2.45, 2.75) is 141 Å². The molecule has 0 saturated carbocycles. The zero-order chi connectivity index (χ0) is 48.8. The first-order valence-electron chi connectivity index (χ1n) is 23.0. The quantitative estimate of drug-likeness (QED) is 0.0127. The number of hydrogen-bond donors (Lipinski definition) is 5. The number of phosphoric acid groups is 2. The molecule has 0 aromatic carbocycles. The Morgan fingerprint density at radius 3 is 1.53 bits per heavy atom. The zero-order valence-corrected chi connectivity index (χ0v) is 40.9. The summed E-state index contributed by atoms with van der Waals surface area (Å²) in [5.74, 6) is -1.27. The van der Waals surface area contributed by atoms with Crippen molar-refractivity contribution in [1.29, 1.82) is 0 Å². The Morgan fingerprint density at radius 1 is 0.515 bits per heavy atom. The highest BCUT2D eigenvalue weighted by Gasteiger charge is 2.28. The van der Waals surface area contributed by atoms with Crippen LogP contribution in [0.25, 0.3) is 0 Å². The molecule has 66 heavy (non-hydrogen) atoms. The van der Waals surface area contributed by atoms with Crippen LogP contribution in [0.15, 0.2) is 134 Å². The van der Waals surface area contributed by atoms with E-state index in [2.05, 4.69) is 77.6 Å². The topological polar surface area (TPSA) is 216 Å². The molecule has 0 aliphatic carbocycles. The van der Waals surface area contributed by atoms with E-state index < -0.39 is 72.3 Å². The fourth-order valence-corrected chi connectivity index (χ4v) is 6.30. The van der Waals surface area contributed by atoms with Gasteiger partial charge in [-0.05, 0) is 83.5 Å². The minimum Gasteiger partial charge on any atom is -0.462 e. The molecule has 14 nitrogen and oxygen atoms in total. The van der Waals surface area contributed by atoms with Gasteiger partial charge < -0.3 is 34.4 Å². The second kappa shape index (κ2) is 43.8. The van der Waals surface area contributed by atoms with Crippen molar-refractivity contribution >= 4 is 27.6 Å². The van der Waals surface area contributed by atoms with E-state index in [4.69, 9.17) is 23.8 Å². The van der Waals surface area contributed by atoms with Gasteiger partial charge in [-0.25, -0.2) is 9.13 Å². The first-order valence-corrected chi connectivity index (χ1v) is 26.0. The molecule has 2 unspecified atom stereocenters. The summed E-state index contributed by atoms with van der Waals surface area (Å²) in [4.78, 5) is 52.7. The molecule has 0 aliphatic heterocycles. The van der Waals surface area contributed by atoms with Gasteiger partial charge in [0.2, 0.25) is 0 Å². The van der Waals surface area contributed by atoms with Crippen molar-refractivity contribution in [2.24, 2.45) is 0 Å². The van der Waals surface area contributed by atoms with Crippen LogP contribution in [0.4, 0.5) is 0 Å². The summed E-state index contributed by atoms with van der Waals surface area (Å²) in [6.07, 6.45) is 53.5. The largest absolute Gasteiger partial charge is 0.472 e. The maximum atomic E-state index is 12.7. The van der Waals surface area contributed by atoms with E-state index in [1.165, 1.54) is 19.3 Å². The summed E-state index contributed by atoms with van der Waals surface area (Å²) in [5, 5.41) is 19.8. The van der Waals surface area contributed by atoms with Gasteiger partial charge in [0, 0.05) is 12.8 Å². The number of esters is 2. The Kier molecular flexibility index (Phi) is 41.3. The molecule has 0 saturated heterocycles. The minimum absolute atomic E-state index is 0.0370. The Bertz CT molecular complexity index is 1680. The van der Waals surface area contributed by atoms with Crippen LogP contribution in [0.1, 0.15) is 123 Å². The number of carbonyl (C=O) groups is 2. The van der Waals surface area contributed by atoms with Gasteiger partial charge in [0.25, 0.3) is 0 Å². The van der Waals surface area contributed by atoms with Crippen molar-refractivity contribution in [1.82, 2.24) is 0 Å². The second-order valence-corrected chi connectivity index (χ2v) is 17.5. The molecule has 0 aromatic rings. The van der Waals surface area contributed by atoms with Crippen LogP contribution in [-0.2, 0) is 41.8 Å². The normalized spacial score (nSPS) is 15.6. The zero-order valence-electron chi connectivity index (χ0n) is 39.1. The number of phosphoric ester groups is 2. The van der Waals surface area contributed by atoms with Crippen LogP contribution in [-0.4, -0.2) is 81.6 Å². The number of hydrogen-bond acceptors (Lipinski definition) is 11. The predicted octanol–water partition coefficient (Wildman–Crippen LogP) is 11.2. The lowest BCUT2D eigenvalue weighted by Crippen LogP contribution is -2.29. The summed E-state index contributed by atoms with van der Waals surface area (Å²) < 4.78 is 47.6. The molecule has 0 radical (unpaired) electrons. The van der Waals surface area contributed by atoms with Gasteiger partial charge in [0.15, 0.2) is 6.10 Å². The summed E-state index contributed by atoms with van der Waals surface area (Å²) >= 11 is 0. The third-order valence-corrected chi connectivity index (χ3v) is 10.1. The summed E-state index contributed by atoms with van der Waals surface area (Å²) in [7, 11) is -9.76. The molecule has 0 bridgehead atoms. The molecule has 0 aromatic heterocycles. The van der Waals surface area contributed by atoms with Crippen LogP contribution < -0.4 is 0 Å². The van der Waals surface area contributed by atoms with Crippen LogP contribution in [0.3, 0.4) is 0 Å². The number of aliphatic hydroxyl groups excluding tert-OH is 2. The number of ether oxygens (including phenoxy) is 2. The molecule has 372 valence electrons. The lowest BCUT2D eigenvalue weighted by molar-refractivity contribution is -0.161. The van der Waals surface area contributed by atoms with Crippen LogP contribution in [0.2, 0.25) is 0 Å². The molecule has 5 N–H and O–H groups in total. The summed E-state index contributed by atoms with van der Waals surface area (Å²) in [6, 6.07) is 0. The highest BCUT2D eigenvalue weighted by Crippen LogP contribution is 2.43. The summed E-state index contributed by atoms with van der Waals surface area (Å²) in [6.45, 7) is 1.35. The van der Waals surface area contributed by atoms with Crippen LogP contribution >= 0.6 is 15.6 Å². The molecule has 0 spiro atoms. The molecule has 4 atom stereocenters. The molecular formula is C50H78O14P2. The van der Waals surface area contributed by atoms with Crippen LogP contribution in [0, 0.1) is 0 Å². The van der Waals surface area contributed by atoms with E-state index in [0.29, 0.717) is 38.5 Å². The van der Waals surface area contributed by atoms with Gasteiger partial charge in [0.05, 0.1) is 25.9 Å². The molecule has 0 rings (SSSR count). The summed E-state index contributed by atoms with van der Waals surface area (Å²) in [5.41, 5.74) is 0. The van der Waals surface area contributed by atoms with Gasteiger partial charge in [-0.1, -0.05) is 160 Å². The Balaban J connectivity index is 4.81. The number of unbranched alkanes of at least 4 members (excludes halogenated alkanes) is 3. The van der Waals surface area contributed by atoms with E-state index >= 15 is 0 Å². The number of aliphatic hydroxyl groups is 2. The minimum atomic E-state index is -4.89. The van der Waals surface area contributed by atoms with E-state index in [0.717, 1.165) is 38.5 Å². The van der Waals surface area contributed by atoms with Gasteiger partial charge >= 0.3 is 27.6 Å². The van der Waals surface area contributed by atoms with E-state index in [1.807, 2.05) is 66.8 Å². The lowest BCUT2D eigenvalue weighted by Gasteiger charge is -2.20. The SMILES string of the molecule is CC/C=C\C/C=C\CC(O)/C=C/C=C\C/C=C\C/C=C\CCC(=O)O[C@H](COC(=O)CC/C=C\C/C=C\C/C=C\C/C=C\C/C=C\CCCCC)COP(=O)(O)OC[C@@H](O)COP(=O)(O)O. The van der Waals surface area contributed by atoms with Crippen molar-refractivity contribution in [3.05, 3.63) is 134 Å². The maximum Gasteiger partial charge on any atom is 0.472 e. The first kappa shape index (κ1) is 62.2. The lowest BCUT2D eigenvalue weighted by atomic mass is 10.2. The fourth-order valence-electron chi connectivity index (χ4n) is 5.14. The fraction of sp³-hybridized carbons (Fsp3) is 0.520. The van der Waals surface area contributed by atoms with E-state index in [9.17, 15) is 33.8 Å².